The van der Waals surface area contributed by atoms with Crippen molar-refractivity contribution >= 4 is 52.1 Å². The average Bonchev–Trinajstić information content (AvgIpc) is 2.42. The number of halogens is 2. The van der Waals surface area contributed by atoms with Crippen LogP contribution in [0.5, 0.6) is 0 Å². The summed E-state index contributed by atoms with van der Waals surface area (Å²) in [6, 6.07) is 13.5. The molecule has 0 saturated carbocycles. The molecule has 0 bridgehead atoms. The van der Waals surface area contributed by atoms with Crippen LogP contribution >= 0.6 is 35.4 Å². The first-order valence-electron chi connectivity index (χ1n) is 5.68. The van der Waals surface area contributed by atoms with Crippen LogP contribution in [0, 0.1) is 0 Å². The van der Waals surface area contributed by atoms with E-state index in [4.69, 9.17) is 35.4 Å². The Balaban J connectivity index is 1.95. The largest absolute Gasteiger partial charge is 0.332 e. The van der Waals surface area contributed by atoms with Crippen LogP contribution in [0.4, 0.5) is 5.69 Å². The van der Waals surface area contributed by atoms with Gasteiger partial charge >= 0.3 is 0 Å². The molecule has 102 valence electrons. The molecule has 0 aromatic heterocycles. The topological polar surface area (TPSA) is 41.1 Å². The van der Waals surface area contributed by atoms with E-state index in [9.17, 15) is 4.79 Å². The third-order valence-electron chi connectivity index (χ3n) is 2.44. The number of amides is 1. The first-order chi connectivity index (χ1) is 9.54. The lowest BCUT2D eigenvalue weighted by Crippen LogP contribution is -2.34. The number of carbonyl (C=O) groups excluding carboxylic acids is 1. The van der Waals surface area contributed by atoms with Crippen molar-refractivity contribution in [1.82, 2.24) is 5.32 Å². The molecule has 0 aliphatic rings. The maximum atomic E-state index is 11.9. The maximum absolute atomic E-state index is 11.9. The van der Waals surface area contributed by atoms with Gasteiger partial charge in [0.25, 0.3) is 5.91 Å². The van der Waals surface area contributed by atoms with E-state index in [-0.39, 0.29) is 11.0 Å². The van der Waals surface area contributed by atoms with Crippen molar-refractivity contribution in [2.24, 2.45) is 0 Å². The molecule has 0 aliphatic heterocycles. The van der Waals surface area contributed by atoms with Gasteiger partial charge in [-0.05, 0) is 60.7 Å². The highest BCUT2D eigenvalue weighted by Gasteiger charge is 2.07. The van der Waals surface area contributed by atoms with Gasteiger partial charge < -0.3 is 5.32 Å². The Bertz CT molecular complexity index is 627. The molecule has 0 spiro atoms. The van der Waals surface area contributed by atoms with Gasteiger partial charge in [-0.2, -0.15) is 0 Å². The predicted octanol–water partition coefficient (Wildman–Crippen LogP) is 4.12. The highest BCUT2D eigenvalue weighted by atomic mass is 35.5. The Hall–Kier alpha value is -1.62. The van der Waals surface area contributed by atoms with Crippen LogP contribution in [-0.4, -0.2) is 11.0 Å². The third kappa shape index (κ3) is 4.20. The summed E-state index contributed by atoms with van der Waals surface area (Å²) in [5, 5.41) is 6.90. The van der Waals surface area contributed by atoms with E-state index in [1.807, 2.05) is 0 Å². The molecule has 0 aliphatic carbocycles. The summed E-state index contributed by atoms with van der Waals surface area (Å²) < 4.78 is 0. The average molecular weight is 325 g/mol. The number of hydrogen-bond donors (Lipinski definition) is 2. The van der Waals surface area contributed by atoms with E-state index in [2.05, 4.69) is 10.6 Å². The van der Waals surface area contributed by atoms with Crippen molar-refractivity contribution in [1.29, 1.82) is 0 Å². The first-order valence-corrected chi connectivity index (χ1v) is 6.84. The van der Waals surface area contributed by atoms with Crippen molar-refractivity contribution in [3.8, 4) is 0 Å². The smallest absolute Gasteiger partial charge is 0.257 e. The van der Waals surface area contributed by atoms with Gasteiger partial charge in [0.2, 0.25) is 0 Å². The molecule has 0 heterocycles. The minimum absolute atomic E-state index is 0.215. The summed E-state index contributed by atoms with van der Waals surface area (Å²) in [6.07, 6.45) is 0. The SMILES string of the molecule is O=C(NC(=S)Nc1ccc(Cl)cc1)c1ccc(Cl)cc1. The summed E-state index contributed by atoms with van der Waals surface area (Å²) in [5.74, 6) is -0.298. The number of benzene rings is 2. The molecule has 2 aromatic rings. The van der Waals surface area contributed by atoms with Crippen LogP contribution in [0.2, 0.25) is 10.0 Å². The quantitative estimate of drug-likeness (QED) is 0.816. The van der Waals surface area contributed by atoms with Crippen molar-refractivity contribution in [2.45, 2.75) is 0 Å². The van der Waals surface area contributed by atoms with Gasteiger partial charge in [0, 0.05) is 21.3 Å². The van der Waals surface area contributed by atoms with Crippen LogP contribution in [0.3, 0.4) is 0 Å². The van der Waals surface area contributed by atoms with Gasteiger partial charge in [-0.15, -0.1) is 0 Å². The van der Waals surface area contributed by atoms with Crippen molar-refractivity contribution in [2.75, 3.05) is 5.32 Å². The van der Waals surface area contributed by atoms with Gasteiger partial charge in [0.1, 0.15) is 0 Å². The zero-order valence-electron chi connectivity index (χ0n) is 10.2. The van der Waals surface area contributed by atoms with E-state index in [0.717, 1.165) is 5.69 Å². The van der Waals surface area contributed by atoms with Gasteiger partial charge in [-0.3, -0.25) is 10.1 Å². The number of nitrogens with one attached hydrogen (secondary N) is 2. The van der Waals surface area contributed by atoms with Gasteiger partial charge in [-0.1, -0.05) is 23.2 Å². The summed E-state index contributed by atoms with van der Waals surface area (Å²) in [6.45, 7) is 0. The summed E-state index contributed by atoms with van der Waals surface area (Å²) in [5.41, 5.74) is 1.23. The molecule has 0 radical (unpaired) electrons. The van der Waals surface area contributed by atoms with Crippen molar-refractivity contribution in [3.63, 3.8) is 0 Å². The van der Waals surface area contributed by atoms with Gasteiger partial charge in [0.15, 0.2) is 5.11 Å². The van der Waals surface area contributed by atoms with E-state index in [1.165, 1.54) is 0 Å². The normalized spacial score (nSPS) is 9.90. The number of anilines is 1. The Kier molecular flexibility index (Phi) is 4.95. The minimum Gasteiger partial charge on any atom is -0.332 e. The molecule has 0 fully saturated rings. The molecule has 2 rings (SSSR count). The Morgan fingerprint density at radius 1 is 0.900 bits per heavy atom. The van der Waals surface area contributed by atoms with Gasteiger partial charge in [0.05, 0.1) is 0 Å². The fourth-order valence-electron chi connectivity index (χ4n) is 1.47. The lowest BCUT2D eigenvalue weighted by atomic mass is 10.2. The summed E-state index contributed by atoms with van der Waals surface area (Å²) in [4.78, 5) is 11.9. The molecule has 6 heteroatoms. The summed E-state index contributed by atoms with van der Waals surface area (Å²) in [7, 11) is 0. The molecular weight excluding hydrogens is 315 g/mol. The van der Waals surface area contributed by atoms with Crippen molar-refractivity contribution in [3.05, 3.63) is 64.1 Å². The van der Waals surface area contributed by atoms with E-state index in [0.29, 0.717) is 15.6 Å². The highest BCUT2D eigenvalue weighted by molar-refractivity contribution is 7.80. The Morgan fingerprint density at radius 3 is 1.95 bits per heavy atom. The number of thiocarbonyl (C=S) groups is 1. The standard InChI is InChI=1S/C14H10Cl2N2OS/c15-10-3-1-9(2-4-10)13(19)18-14(20)17-12-7-5-11(16)6-8-12/h1-8H,(H2,17,18,19,20). The second kappa shape index (κ2) is 6.70. The minimum atomic E-state index is -0.298. The van der Waals surface area contributed by atoms with Gasteiger partial charge in [-0.25, -0.2) is 0 Å². The second-order valence-corrected chi connectivity index (χ2v) is 5.20. The lowest BCUT2D eigenvalue weighted by Gasteiger charge is -2.09. The van der Waals surface area contributed by atoms with E-state index in [1.54, 1.807) is 48.5 Å². The number of hydrogen-bond acceptors (Lipinski definition) is 2. The molecule has 0 saturated heterocycles. The zero-order valence-corrected chi connectivity index (χ0v) is 12.5. The molecule has 3 nitrogen and oxygen atoms in total. The van der Waals surface area contributed by atoms with E-state index >= 15 is 0 Å². The maximum Gasteiger partial charge on any atom is 0.257 e. The van der Waals surface area contributed by atoms with Crippen LogP contribution in [0.15, 0.2) is 48.5 Å². The molecule has 1 amide bonds. The van der Waals surface area contributed by atoms with Crippen LogP contribution in [0.25, 0.3) is 0 Å². The molecule has 20 heavy (non-hydrogen) atoms. The molecule has 0 atom stereocenters. The number of rotatable bonds is 2. The first kappa shape index (κ1) is 14.8. The molecular formula is C14H10Cl2N2OS. The third-order valence-corrected chi connectivity index (χ3v) is 3.14. The fourth-order valence-corrected chi connectivity index (χ4v) is 1.93. The summed E-state index contributed by atoms with van der Waals surface area (Å²) >= 11 is 16.6. The van der Waals surface area contributed by atoms with Crippen LogP contribution in [0.1, 0.15) is 10.4 Å². The molecule has 0 unspecified atom stereocenters. The zero-order chi connectivity index (χ0) is 14.5. The Labute approximate surface area is 131 Å². The number of carbonyl (C=O) groups is 1. The fraction of sp³-hybridized carbons (Fsp3) is 0. The van der Waals surface area contributed by atoms with Crippen LogP contribution in [-0.2, 0) is 0 Å². The molecule has 2 aromatic carbocycles. The van der Waals surface area contributed by atoms with E-state index < -0.39 is 0 Å². The lowest BCUT2D eigenvalue weighted by molar-refractivity contribution is 0.0978. The monoisotopic (exact) mass is 324 g/mol. The second-order valence-electron chi connectivity index (χ2n) is 3.92. The predicted molar refractivity (Wildman–Crippen MR) is 86.6 cm³/mol. The van der Waals surface area contributed by atoms with Crippen LogP contribution < -0.4 is 10.6 Å². The van der Waals surface area contributed by atoms with Crippen molar-refractivity contribution < 1.29 is 4.79 Å². The molecule has 2 N–H and O–H groups in total. The highest BCUT2D eigenvalue weighted by Crippen LogP contribution is 2.13. The Morgan fingerprint density at radius 2 is 1.40 bits per heavy atom.